The highest BCUT2D eigenvalue weighted by molar-refractivity contribution is 5.93. The van der Waals surface area contributed by atoms with Crippen LogP contribution in [0.25, 0.3) is 6.08 Å². The molecule has 0 unspecified atom stereocenters. The third-order valence-corrected chi connectivity index (χ3v) is 2.72. The smallest absolute Gasteiger partial charge is 0.332 e. The molecule has 19 heavy (non-hydrogen) atoms. The second-order valence-electron chi connectivity index (χ2n) is 5.26. The topological polar surface area (TPSA) is 55.8 Å². The Bertz CT molecular complexity index is 473. The highest BCUT2D eigenvalue weighted by atomic mass is 16.5. The summed E-state index contributed by atoms with van der Waals surface area (Å²) >= 11 is 0. The molecule has 1 rings (SSSR count). The molecule has 0 aliphatic heterocycles. The summed E-state index contributed by atoms with van der Waals surface area (Å²) in [4.78, 5) is 11.3. The van der Waals surface area contributed by atoms with Crippen LogP contribution in [0.2, 0.25) is 0 Å². The second-order valence-corrected chi connectivity index (χ2v) is 5.26. The molecule has 0 aromatic heterocycles. The van der Waals surface area contributed by atoms with Crippen molar-refractivity contribution in [3.8, 4) is 11.5 Å². The molecule has 0 aliphatic rings. The lowest BCUT2D eigenvalue weighted by Gasteiger charge is -2.19. The molecule has 1 aromatic rings. The highest BCUT2D eigenvalue weighted by Crippen LogP contribution is 2.30. The average molecular weight is 264 g/mol. The molecule has 0 radical (unpaired) electrons. The number of benzene rings is 1. The number of ether oxygens (including phenoxy) is 2. The molecule has 1 N–H and O–H groups in total. The molecule has 0 bridgehead atoms. The molecular formula is C15H20O4. The Morgan fingerprint density at radius 2 is 1.58 bits per heavy atom. The van der Waals surface area contributed by atoms with Crippen molar-refractivity contribution in [1.29, 1.82) is 0 Å². The molecule has 0 heterocycles. The van der Waals surface area contributed by atoms with E-state index >= 15 is 0 Å². The zero-order valence-corrected chi connectivity index (χ0v) is 12.0. The van der Waals surface area contributed by atoms with Crippen LogP contribution in [0.3, 0.4) is 0 Å². The van der Waals surface area contributed by atoms with Crippen LogP contribution in [0.1, 0.15) is 26.3 Å². The van der Waals surface area contributed by atoms with Crippen molar-refractivity contribution in [3.05, 3.63) is 29.3 Å². The van der Waals surface area contributed by atoms with Gasteiger partial charge in [-0.1, -0.05) is 20.8 Å². The Labute approximate surface area is 113 Å². The van der Waals surface area contributed by atoms with Gasteiger partial charge in [0, 0.05) is 11.6 Å². The quantitative estimate of drug-likeness (QED) is 0.848. The van der Waals surface area contributed by atoms with E-state index in [1.54, 1.807) is 38.5 Å². The van der Waals surface area contributed by atoms with Gasteiger partial charge in [0.2, 0.25) is 0 Å². The molecule has 0 atom stereocenters. The van der Waals surface area contributed by atoms with Gasteiger partial charge in [-0.25, -0.2) is 4.79 Å². The van der Waals surface area contributed by atoms with E-state index in [1.807, 2.05) is 20.8 Å². The van der Waals surface area contributed by atoms with Crippen LogP contribution in [-0.2, 0) is 4.79 Å². The van der Waals surface area contributed by atoms with Crippen LogP contribution >= 0.6 is 0 Å². The van der Waals surface area contributed by atoms with Crippen LogP contribution in [0.5, 0.6) is 11.5 Å². The first kappa shape index (κ1) is 15.1. The second kappa shape index (κ2) is 5.78. The van der Waals surface area contributed by atoms with Gasteiger partial charge in [-0.2, -0.15) is 0 Å². The van der Waals surface area contributed by atoms with Crippen molar-refractivity contribution in [3.63, 3.8) is 0 Å². The monoisotopic (exact) mass is 264 g/mol. The van der Waals surface area contributed by atoms with Gasteiger partial charge >= 0.3 is 5.97 Å². The van der Waals surface area contributed by atoms with Crippen molar-refractivity contribution in [2.75, 3.05) is 14.2 Å². The van der Waals surface area contributed by atoms with E-state index in [4.69, 9.17) is 9.47 Å². The third-order valence-electron chi connectivity index (χ3n) is 2.72. The Kier molecular flexibility index (Phi) is 4.59. The fourth-order valence-corrected chi connectivity index (χ4v) is 1.68. The van der Waals surface area contributed by atoms with Gasteiger partial charge in [-0.3, -0.25) is 0 Å². The number of hydrogen-bond acceptors (Lipinski definition) is 3. The molecule has 0 fully saturated rings. The molecule has 0 aliphatic carbocycles. The van der Waals surface area contributed by atoms with Gasteiger partial charge in [0.1, 0.15) is 11.5 Å². The summed E-state index contributed by atoms with van der Waals surface area (Å²) < 4.78 is 10.3. The standard InChI is InChI=1S/C15H20O4/c1-15(2,3)13(14(16)17)8-10-6-11(18-4)9-12(7-10)19-5/h6-9H,1-5H3,(H,16,17). The fraction of sp³-hybridized carbons (Fsp3) is 0.400. The molecule has 0 amide bonds. The van der Waals surface area contributed by atoms with E-state index in [2.05, 4.69) is 0 Å². The van der Waals surface area contributed by atoms with E-state index in [9.17, 15) is 9.90 Å². The van der Waals surface area contributed by atoms with Crippen molar-refractivity contribution in [2.45, 2.75) is 20.8 Å². The zero-order chi connectivity index (χ0) is 14.6. The van der Waals surface area contributed by atoms with Crippen molar-refractivity contribution < 1.29 is 19.4 Å². The van der Waals surface area contributed by atoms with Crippen molar-refractivity contribution in [1.82, 2.24) is 0 Å². The number of carboxylic acid groups (broad SMARTS) is 1. The summed E-state index contributed by atoms with van der Waals surface area (Å²) in [6.45, 7) is 5.60. The molecule has 4 heteroatoms. The van der Waals surface area contributed by atoms with Gasteiger partial charge in [0.15, 0.2) is 0 Å². The summed E-state index contributed by atoms with van der Waals surface area (Å²) in [6.07, 6.45) is 1.65. The number of hydrogen-bond donors (Lipinski definition) is 1. The zero-order valence-electron chi connectivity index (χ0n) is 12.0. The maximum absolute atomic E-state index is 11.3. The van der Waals surface area contributed by atoms with E-state index in [0.29, 0.717) is 17.1 Å². The molecule has 1 aromatic carbocycles. The van der Waals surface area contributed by atoms with Gasteiger partial charge in [-0.15, -0.1) is 0 Å². The number of aliphatic carboxylic acids is 1. The summed E-state index contributed by atoms with van der Waals surface area (Å²) in [5.74, 6) is 0.336. The number of carboxylic acids is 1. The largest absolute Gasteiger partial charge is 0.497 e. The average Bonchev–Trinajstić information content (AvgIpc) is 2.33. The van der Waals surface area contributed by atoms with E-state index in [-0.39, 0.29) is 0 Å². The summed E-state index contributed by atoms with van der Waals surface area (Å²) in [7, 11) is 3.12. The molecule has 104 valence electrons. The molecule has 4 nitrogen and oxygen atoms in total. The minimum absolute atomic E-state index is 0.336. The molecule has 0 saturated heterocycles. The maximum Gasteiger partial charge on any atom is 0.332 e. The van der Waals surface area contributed by atoms with Crippen LogP contribution in [0.15, 0.2) is 23.8 Å². The highest BCUT2D eigenvalue weighted by Gasteiger charge is 2.23. The first-order chi connectivity index (χ1) is 8.77. The Balaban J connectivity index is 3.32. The number of carbonyl (C=O) groups is 1. The predicted molar refractivity (Wildman–Crippen MR) is 74.6 cm³/mol. The fourth-order valence-electron chi connectivity index (χ4n) is 1.68. The van der Waals surface area contributed by atoms with Gasteiger partial charge in [0.05, 0.1) is 14.2 Å². The van der Waals surface area contributed by atoms with Gasteiger partial charge in [-0.05, 0) is 29.2 Å². The molecular weight excluding hydrogens is 244 g/mol. The predicted octanol–water partition coefficient (Wildman–Crippen LogP) is 3.22. The van der Waals surface area contributed by atoms with E-state index in [0.717, 1.165) is 5.56 Å². The number of methoxy groups -OCH3 is 2. The Morgan fingerprint density at radius 3 is 1.89 bits per heavy atom. The first-order valence-electron chi connectivity index (χ1n) is 5.96. The minimum atomic E-state index is -0.922. The summed E-state index contributed by atoms with van der Waals surface area (Å²) in [5, 5.41) is 9.29. The Hall–Kier alpha value is -1.97. The first-order valence-corrected chi connectivity index (χ1v) is 5.96. The number of rotatable bonds is 4. The minimum Gasteiger partial charge on any atom is -0.497 e. The van der Waals surface area contributed by atoms with Gasteiger partial charge < -0.3 is 14.6 Å². The lowest BCUT2D eigenvalue weighted by atomic mass is 9.85. The Morgan fingerprint density at radius 1 is 1.11 bits per heavy atom. The van der Waals surface area contributed by atoms with Crippen molar-refractivity contribution in [2.24, 2.45) is 5.41 Å². The van der Waals surface area contributed by atoms with E-state index in [1.165, 1.54) is 0 Å². The lowest BCUT2D eigenvalue weighted by molar-refractivity contribution is -0.133. The lowest BCUT2D eigenvalue weighted by Crippen LogP contribution is -2.17. The SMILES string of the molecule is COc1cc(C=C(C(=O)O)C(C)(C)C)cc(OC)c1. The van der Waals surface area contributed by atoms with Crippen LogP contribution in [0.4, 0.5) is 0 Å². The van der Waals surface area contributed by atoms with Crippen LogP contribution in [-0.4, -0.2) is 25.3 Å². The summed E-state index contributed by atoms with van der Waals surface area (Å²) in [5.41, 5.74) is 0.633. The summed E-state index contributed by atoms with van der Waals surface area (Å²) in [6, 6.07) is 5.29. The third kappa shape index (κ3) is 4.02. The normalized spacial score (nSPS) is 12.2. The van der Waals surface area contributed by atoms with E-state index < -0.39 is 11.4 Å². The van der Waals surface area contributed by atoms with Crippen LogP contribution in [0, 0.1) is 5.41 Å². The van der Waals surface area contributed by atoms with Gasteiger partial charge in [0.25, 0.3) is 0 Å². The molecule has 0 spiro atoms. The van der Waals surface area contributed by atoms with Crippen molar-refractivity contribution >= 4 is 12.0 Å². The van der Waals surface area contributed by atoms with Crippen LogP contribution < -0.4 is 9.47 Å². The molecule has 0 saturated carbocycles. The maximum atomic E-state index is 11.3.